The second kappa shape index (κ2) is 10.3. The minimum Gasteiger partial charge on any atom is -0.497 e. The first kappa shape index (κ1) is 23.8. The van der Waals surface area contributed by atoms with E-state index >= 15 is 0 Å². The summed E-state index contributed by atoms with van der Waals surface area (Å²) >= 11 is 1.07. The topological polar surface area (TPSA) is 122 Å². The van der Waals surface area contributed by atoms with E-state index in [2.05, 4.69) is 15.9 Å². The van der Waals surface area contributed by atoms with Gasteiger partial charge in [-0.3, -0.25) is 9.32 Å². The Hall–Kier alpha value is -4.36. The maximum absolute atomic E-state index is 12.7. The Morgan fingerprint density at radius 2 is 1.91 bits per heavy atom. The van der Waals surface area contributed by atoms with Crippen LogP contribution in [0, 0.1) is 11.3 Å². The van der Waals surface area contributed by atoms with Crippen molar-refractivity contribution in [2.45, 2.75) is 5.03 Å². The maximum Gasteiger partial charge on any atom is 0.438 e. The molecular weight excluding hydrogens is 468 g/mol. The number of pyridine rings is 1. The molecule has 2 aromatic heterocycles. The zero-order valence-electron chi connectivity index (χ0n) is 19.2. The molecule has 0 aliphatic carbocycles. The van der Waals surface area contributed by atoms with E-state index in [4.69, 9.17) is 14.5 Å². The van der Waals surface area contributed by atoms with E-state index in [1.54, 1.807) is 32.4 Å². The number of carbonyl (C=O) groups is 1. The van der Waals surface area contributed by atoms with Gasteiger partial charge in [-0.1, -0.05) is 46.8 Å². The number of aryl methyl sites for hydroxylation is 1. The Kier molecular flexibility index (Phi) is 6.98. The number of aromatic amines is 1. The van der Waals surface area contributed by atoms with Gasteiger partial charge in [-0.2, -0.15) is 5.26 Å². The van der Waals surface area contributed by atoms with Crippen LogP contribution in [-0.4, -0.2) is 36.0 Å². The molecule has 1 N–H and O–H groups in total. The van der Waals surface area contributed by atoms with Gasteiger partial charge in [0.05, 0.1) is 31.2 Å². The van der Waals surface area contributed by atoms with Gasteiger partial charge in [0.2, 0.25) is 5.78 Å². The van der Waals surface area contributed by atoms with Crippen LogP contribution in [0.5, 0.6) is 11.5 Å². The first-order valence-electron chi connectivity index (χ1n) is 10.4. The number of nitrogens with one attached hydrogen (secondary N) is 1. The minimum atomic E-state index is -0.758. The Bertz CT molecular complexity index is 1490. The molecule has 0 radical (unpaired) electrons. The van der Waals surface area contributed by atoms with Crippen molar-refractivity contribution in [3.05, 3.63) is 76.3 Å². The molecule has 176 valence electrons. The molecule has 0 spiro atoms. The average Bonchev–Trinajstić information content (AvgIpc) is 3.24. The summed E-state index contributed by atoms with van der Waals surface area (Å²) in [6.07, 6.45) is 0. The number of hydrogen-bond acceptors (Lipinski definition) is 8. The number of Topliss-reactive ketones (excluding diaryl/α,β-unsaturated/α-hetero) is 1. The van der Waals surface area contributed by atoms with Crippen LogP contribution in [0.2, 0.25) is 0 Å². The van der Waals surface area contributed by atoms with Crippen LogP contribution < -0.4 is 19.8 Å². The summed E-state index contributed by atoms with van der Waals surface area (Å²) in [6, 6.07) is 18.9. The predicted molar refractivity (Wildman–Crippen MR) is 128 cm³/mol. The van der Waals surface area contributed by atoms with E-state index in [1.165, 1.54) is 11.7 Å². The number of rotatable bonds is 8. The summed E-state index contributed by atoms with van der Waals surface area (Å²) in [6.45, 7) is 0. The molecule has 4 aromatic rings. The number of methoxy groups -OCH3 is 2. The monoisotopic (exact) mass is 489 g/mol. The van der Waals surface area contributed by atoms with E-state index in [1.807, 2.05) is 36.4 Å². The fourth-order valence-corrected chi connectivity index (χ4v) is 4.44. The lowest BCUT2D eigenvalue weighted by atomic mass is 9.98. The molecule has 0 atom stereocenters. The third-order valence-corrected chi connectivity index (χ3v) is 6.25. The molecular formula is C25H21N4O5S+. The van der Waals surface area contributed by atoms with E-state index in [0.717, 1.165) is 17.3 Å². The molecule has 0 saturated carbocycles. The number of thioether (sulfide) groups is 1. The SMILES string of the molecule is COc1ccc(OC)c(-c2cc(-c3ccccc3)nc(SCC(=O)c3c(=O)o[nH][n+]3C)c2C#N)c1. The van der Waals surface area contributed by atoms with Crippen LogP contribution in [0.15, 0.2) is 68.9 Å². The minimum absolute atomic E-state index is 0.120. The summed E-state index contributed by atoms with van der Waals surface area (Å²) < 4.78 is 16.8. The fourth-order valence-electron chi connectivity index (χ4n) is 3.57. The number of aromatic nitrogens is 3. The van der Waals surface area contributed by atoms with Gasteiger partial charge in [0, 0.05) is 16.7 Å². The van der Waals surface area contributed by atoms with Gasteiger partial charge >= 0.3 is 11.3 Å². The molecule has 0 aliphatic heterocycles. The molecule has 0 amide bonds. The Labute approximate surface area is 204 Å². The number of nitrogens with zero attached hydrogens (tertiary/aromatic N) is 3. The fraction of sp³-hybridized carbons (Fsp3) is 0.160. The number of carbonyl (C=O) groups excluding carboxylic acids is 1. The summed E-state index contributed by atoms with van der Waals surface area (Å²) in [5, 5.41) is 12.8. The second-order valence-corrected chi connectivity index (χ2v) is 8.34. The highest BCUT2D eigenvalue weighted by atomic mass is 32.2. The molecule has 10 heteroatoms. The molecule has 0 bridgehead atoms. The predicted octanol–water partition coefficient (Wildman–Crippen LogP) is 3.39. The van der Waals surface area contributed by atoms with Crippen molar-refractivity contribution in [2.24, 2.45) is 7.05 Å². The molecule has 0 aliphatic rings. The van der Waals surface area contributed by atoms with Gasteiger partial charge in [0.25, 0.3) is 0 Å². The smallest absolute Gasteiger partial charge is 0.438 e. The van der Waals surface area contributed by atoms with Crippen LogP contribution >= 0.6 is 11.8 Å². The zero-order valence-corrected chi connectivity index (χ0v) is 20.0. The second-order valence-electron chi connectivity index (χ2n) is 7.38. The number of ether oxygens (including phenoxy) is 2. The van der Waals surface area contributed by atoms with E-state index < -0.39 is 11.4 Å². The highest BCUT2D eigenvalue weighted by Gasteiger charge is 2.27. The molecule has 35 heavy (non-hydrogen) atoms. The third-order valence-electron chi connectivity index (χ3n) is 5.27. The normalized spacial score (nSPS) is 10.6. The third kappa shape index (κ3) is 4.81. The van der Waals surface area contributed by atoms with Gasteiger partial charge in [-0.05, 0) is 29.5 Å². The highest BCUT2D eigenvalue weighted by Crippen LogP contribution is 2.40. The maximum atomic E-state index is 12.7. The molecule has 0 saturated heterocycles. The molecule has 2 aromatic carbocycles. The summed E-state index contributed by atoms with van der Waals surface area (Å²) in [4.78, 5) is 29.3. The molecule has 0 fully saturated rings. The van der Waals surface area contributed by atoms with Gasteiger partial charge in [-0.15, -0.1) is 0 Å². The van der Waals surface area contributed by atoms with E-state index in [0.29, 0.717) is 33.3 Å². The lowest BCUT2D eigenvalue weighted by Crippen LogP contribution is -2.39. The van der Waals surface area contributed by atoms with Gasteiger partial charge in [0.15, 0.2) is 7.05 Å². The Balaban J connectivity index is 1.86. The molecule has 0 unspecified atom stereocenters. The van der Waals surface area contributed by atoms with Crippen molar-refractivity contribution in [2.75, 3.05) is 20.0 Å². The number of benzene rings is 2. The van der Waals surface area contributed by atoms with Gasteiger partial charge in [0.1, 0.15) is 22.6 Å². The number of hydrogen-bond donors (Lipinski definition) is 1. The summed E-state index contributed by atoms with van der Waals surface area (Å²) in [5.41, 5.74) is 2.08. The van der Waals surface area contributed by atoms with E-state index in [-0.39, 0.29) is 17.0 Å². The van der Waals surface area contributed by atoms with Crippen LogP contribution in [-0.2, 0) is 7.05 Å². The van der Waals surface area contributed by atoms with Gasteiger partial charge < -0.3 is 9.47 Å². The first-order chi connectivity index (χ1) is 17.0. The summed E-state index contributed by atoms with van der Waals surface area (Å²) in [7, 11) is 4.61. The van der Waals surface area contributed by atoms with Crippen LogP contribution in [0.1, 0.15) is 16.1 Å². The summed E-state index contributed by atoms with van der Waals surface area (Å²) in [5.74, 6) is 0.574. The first-order valence-corrected chi connectivity index (χ1v) is 11.4. The average molecular weight is 490 g/mol. The zero-order chi connectivity index (χ0) is 24.9. The van der Waals surface area contributed by atoms with Crippen molar-refractivity contribution < 1.29 is 23.5 Å². The Morgan fingerprint density at radius 3 is 2.54 bits per heavy atom. The molecule has 4 rings (SSSR count). The lowest BCUT2D eigenvalue weighted by molar-refractivity contribution is -0.741. The number of nitriles is 1. The number of ketones is 1. The lowest BCUT2D eigenvalue weighted by Gasteiger charge is -2.15. The number of H-pyrrole nitrogens is 1. The Morgan fingerprint density at radius 1 is 1.14 bits per heavy atom. The van der Waals surface area contributed by atoms with Crippen molar-refractivity contribution in [3.63, 3.8) is 0 Å². The molecule has 9 nitrogen and oxygen atoms in total. The highest BCUT2D eigenvalue weighted by molar-refractivity contribution is 8.00. The van der Waals surface area contributed by atoms with Crippen molar-refractivity contribution in [3.8, 4) is 40.0 Å². The van der Waals surface area contributed by atoms with Crippen LogP contribution in [0.4, 0.5) is 0 Å². The van der Waals surface area contributed by atoms with Crippen molar-refractivity contribution >= 4 is 17.5 Å². The largest absolute Gasteiger partial charge is 0.497 e. The van der Waals surface area contributed by atoms with Crippen LogP contribution in [0.3, 0.4) is 0 Å². The van der Waals surface area contributed by atoms with E-state index in [9.17, 15) is 14.9 Å². The van der Waals surface area contributed by atoms with Crippen LogP contribution in [0.25, 0.3) is 22.4 Å². The van der Waals surface area contributed by atoms with Crippen molar-refractivity contribution in [1.82, 2.24) is 10.3 Å². The van der Waals surface area contributed by atoms with Gasteiger partial charge in [-0.25, -0.2) is 9.78 Å². The quantitative estimate of drug-likeness (QED) is 0.227. The van der Waals surface area contributed by atoms with Crippen molar-refractivity contribution in [1.29, 1.82) is 5.26 Å². The molecule has 2 heterocycles. The standard InChI is InChI=1S/C25H20N4O5S/c1-29-23(25(31)34-28-29)21(30)14-35-24-19(13-26)17(12-20(27-24)15-7-5-4-6-8-15)18-11-16(32-2)9-10-22(18)33-3/h4-12H,14H2,1-3H3/p+1.